The molecular weight excluding hydrogens is 412 g/mol. The second-order valence-electron chi connectivity index (χ2n) is 8.90. The fourth-order valence-electron chi connectivity index (χ4n) is 4.81. The van der Waals surface area contributed by atoms with E-state index < -0.39 is 0 Å². The molecule has 0 spiro atoms. The molecule has 1 atom stereocenters. The van der Waals surface area contributed by atoms with E-state index >= 15 is 0 Å². The van der Waals surface area contributed by atoms with Crippen LogP contribution in [-0.4, -0.2) is 67.4 Å². The number of aryl methyl sites for hydroxylation is 2. The van der Waals surface area contributed by atoms with E-state index in [0.29, 0.717) is 6.04 Å². The van der Waals surface area contributed by atoms with Gasteiger partial charge in [0.1, 0.15) is 0 Å². The quantitative estimate of drug-likeness (QED) is 0.729. The Morgan fingerprint density at radius 3 is 2.73 bits per heavy atom. The summed E-state index contributed by atoms with van der Waals surface area (Å²) in [4.78, 5) is 24.5. The topological polar surface area (TPSA) is 57.0 Å². The molecule has 3 aliphatic heterocycles. The first kappa shape index (κ1) is 21.4. The van der Waals surface area contributed by atoms with Crippen molar-refractivity contribution in [1.29, 1.82) is 0 Å². The molecule has 0 bridgehead atoms. The SMILES string of the molecule is CCN1CCN(C2=CN3C(=O)\C=C(c4cc5c(C)nc(C)cn5n4)/C=C/C=C/3C=C2)C[C@H]1C. The minimum atomic E-state index is -0.0780. The highest BCUT2D eigenvalue weighted by Crippen LogP contribution is 2.26. The molecule has 0 radical (unpaired) electrons. The summed E-state index contributed by atoms with van der Waals surface area (Å²) in [5, 5.41) is 4.70. The summed E-state index contributed by atoms with van der Waals surface area (Å²) in [5.74, 6) is -0.0780. The highest BCUT2D eigenvalue weighted by Gasteiger charge is 2.26. The molecule has 1 saturated heterocycles. The Bertz CT molecular complexity index is 1260. The van der Waals surface area contributed by atoms with Gasteiger partial charge < -0.3 is 4.90 Å². The molecule has 0 aliphatic carbocycles. The number of allylic oxidation sites excluding steroid dienone is 6. The number of likely N-dealkylation sites (N-methyl/N-ethyl adjacent to an activating group) is 1. The number of hydrogen-bond acceptors (Lipinski definition) is 5. The van der Waals surface area contributed by atoms with Crippen LogP contribution in [0.5, 0.6) is 0 Å². The zero-order chi connectivity index (χ0) is 23.1. The lowest BCUT2D eigenvalue weighted by Crippen LogP contribution is -2.51. The maximum atomic E-state index is 13.3. The van der Waals surface area contributed by atoms with Gasteiger partial charge in [-0.3, -0.25) is 19.6 Å². The van der Waals surface area contributed by atoms with Gasteiger partial charge in [0.2, 0.25) is 0 Å². The van der Waals surface area contributed by atoms with Gasteiger partial charge in [0.15, 0.2) is 0 Å². The van der Waals surface area contributed by atoms with Crippen LogP contribution < -0.4 is 0 Å². The summed E-state index contributed by atoms with van der Waals surface area (Å²) in [7, 11) is 0. The molecule has 0 aromatic carbocycles. The number of piperazine rings is 1. The molecular formula is C26H30N6O. The van der Waals surface area contributed by atoms with Gasteiger partial charge in [-0.15, -0.1) is 0 Å². The molecule has 7 nitrogen and oxygen atoms in total. The van der Waals surface area contributed by atoms with Gasteiger partial charge in [0, 0.05) is 49.2 Å². The number of rotatable bonds is 3. The molecule has 5 heterocycles. The summed E-state index contributed by atoms with van der Waals surface area (Å²) < 4.78 is 1.84. The molecule has 3 aliphatic rings. The van der Waals surface area contributed by atoms with Crippen LogP contribution in [0, 0.1) is 13.8 Å². The second-order valence-corrected chi connectivity index (χ2v) is 8.90. The van der Waals surface area contributed by atoms with E-state index in [1.165, 1.54) is 0 Å². The van der Waals surface area contributed by atoms with Crippen LogP contribution in [0.1, 0.15) is 30.9 Å². The lowest BCUT2D eigenvalue weighted by Gasteiger charge is -2.42. The van der Waals surface area contributed by atoms with Crippen molar-refractivity contribution < 1.29 is 4.79 Å². The van der Waals surface area contributed by atoms with E-state index in [2.05, 4.69) is 34.7 Å². The van der Waals surface area contributed by atoms with Gasteiger partial charge in [-0.1, -0.05) is 19.1 Å². The van der Waals surface area contributed by atoms with Crippen LogP contribution in [0.4, 0.5) is 0 Å². The molecule has 5 rings (SSSR count). The van der Waals surface area contributed by atoms with Gasteiger partial charge in [-0.05, 0) is 51.6 Å². The first-order valence-electron chi connectivity index (χ1n) is 11.6. The molecule has 0 unspecified atom stereocenters. The molecule has 7 heteroatoms. The number of fused-ring (bicyclic) bond motifs is 2. The van der Waals surface area contributed by atoms with Crippen LogP contribution >= 0.6 is 0 Å². The van der Waals surface area contributed by atoms with Crippen LogP contribution in [-0.2, 0) is 4.79 Å². The summed E-state index contributed by atoms with van der Waals surface area (Å²) in [5.41, 5.74) is 6.25. The van der Waals surface area contributed by atoms with Gasteiger partial charge >= 0.3 is 0 Å². The van der Waals surface area contributed by atoms with Crippen molar-refractivity contribution in [1.82, 2.24) is 29.3 Å². The average Bonchev–Trinajstić information content (AvgIpc) is 3.21. The fraction of sp³-hybridized carbons (Fsp3) is 0.346. The number of nitrogens with zero attached hydrogens (tertiary/aromatic N) is 6. The molecule has 2 aromatic heterocycles. The number of amides is 1. The van der Waals surface area contributed by atoms with Crippen LogP contribution in [0.2, 0.25) is 0 Å². The van der Waals surface area contributed by atoms with Crippen molar-refractivity contribution in [3.05, 3.63) is 83.4 Å². The molecule has 1 amide bonds. The first-order chi connectivity index (χ1) is 15.9. The van der Waals surface area contributed by atoms with Gasteiger partial charge in [0.05, 0.1) is 34.5 Å². The Balaban J connectivity index is 1.45. The number of carbonyl (C=O) groups is 1. The van der Waals surface area contributed by atoms with E-state index in [4.69, 9.17) is 5.10 Å². The van der Waals surface area contributed by atoms with Crippen molar-refractivity contribution in [2.45, 2.75) is 33.7 Å². The highest BCUT2D eigenvalue weighted by atomic mass is 16.2. The zero-order valence-electron chi connectivity index (χ0n) is 19.7. The van der Waals surface area contributed by atoms with Gasteiger partial charge in [0.25, 0.3) is 5.91 Å². The Morgan fingerprint density at radius 2 is 1.94 bits per heavy atom. The van der Waals surface area contributed by atoms with Crippen LogP contribution in [0.3, 0.4) is 0 Å². The van der Waals surface area contributed by atoms with Crippen molar-refractivity contribution in [2.75, 3.05) is 26.2 Å². The Kier molecular flexibility index (Phi) is 5.50. The third kappa shape index (κ3) is 4.04. The zero-order valence-corrected chi connectivity index (χ0v) is 19.7. The fourth-order valence-corrected chi connectivity index (χ4v) is 4.81. The maximum Gasteiger partial charge on any atom is 0.255 e. The minimum absolute atomic E-state index is 0.0780. The van der Waals surface area contributed by atoms with E-state index in [-0.39, 0.29) is 5.91 Å². The second kappa shape index (κ2) is 8.48. The maximum absolute atomic E-state index is 13.3. The lowest BCUT2D eigenvalue weighted by molar-refractivity contribution is -0.122. The predicted molar refractivity (Wildman–Crippen MR) is 130 cm³/mol. The standard InChI is InChI=1S/C26H30N6O/c1-5-29-11-12-30(16-19(29)3)23-10-9-22-8-6-7-21(13-26(33)31(22)17-23)24-14-25-20(4)27-18(2)15-32(25)28-24/h6-10,13-15,17,19H,5,11-12,16H2,1-4H3/b7-6+,21-13+,22-8+/t19-/m1/s1. The molecule has 170 valence electrons. The van der Waals surface area contributed by atoms with Crippen molar-refractivity contribution >= 4 is 17.0 Å². The summed E-state index contributed by atoms with van der Waals surface area (Å²) in [6.45, 7) is 12.4. The molecule has 0 saturated carbocycles. The molecule has 2 aromatic rings. The Hall–Kier alpha value is -3.45. The van der Waals surface area contributed by atoms with Crippen molar-refractivity contribution in [2.24, 2.45) is 0 Å². The third-order valence-electron chi connectivity index (χ3n) is 6.62. The number of carbonyl (C=O) groups excluding carboxylic acids is 1. The van der Waals surface area contributed by atoms with E-state index in [0.717, 1.165) is 65.7 Å². The van der Waals surface area contributed by atoms with Gasteiger partial charge in [-0.2, -0.15) is 5.10 Å². The molecule has 33 heavy (non-hydrogen) atoms. The highest BCUT2D eigenvalue weighted by molar-refractivity contribution is 5.99. The summed E-state index contributed by atoms with van der Waals surface area (Å²) in [6, 6.07) is 2.48. The summed E-state index contributed by atoms with van der Waals surface area (Å²) >= 11 is 0. The third-order valence-corrected chi connectivity index (χ3v) is 6.62. The van der Waals surface area contributed by atoms with Crippen molar-refractivity contribution in [3.8, 4) is 0 Å². The normalized spacial score (nSPS) is 25.6. The number of aromatic nitrogens is 3. The lowest BCUT2D eigenvalue weighted by atomic mass is 10.1. The van der Waals surface area contributed by atoms with Gasteiger partial charge in [-0.25, -0.2) is 4.52 Å². The van der Waals surface area contributed by atoms with Crippen molar-refractivity contribution in [3.63, 3.8) is 0 Å². The molecule has 0 N–H and O–H groups in total. The summed E-state index contributed by atoms with van der Waals surface area (Å²) in [6.07, 6.45) is 15.6. The van der Waals surface area contributed by atoms with E-state index in [1.807, 2.05) is 61.1 Å². The van der Waals surface area contributed by atoms with Crippen LogP contribution in [0.15, 0.2) is 66.3 Å². The largest absolute Gasteiger partial charge is 0.367 e. The average molecular weight is 443 g/mol. The molecule has 1 fully saturated rings. The number of hydrogen-bond donors (Lipinski definition) is 0. The predicted octanol–water partition coefficient (Wildman–Crippen LogP) is 3.45. The minimum Gasteiger partial charge on any atom is -0.367 e. The van der Waals surface area contributed by atoms with Crippen LogP contribution in [0.25, 0.3) is 11.1 Å². The van der Waals surface area contributed by atoms with E-state index in [9.17, 15) is 4.79 Å². The smallest absolute Gasteiger partial charge is 0.255 e. The first-order valence-corrected chi connectivity index (χ1v) is 11.6. The monoisotopic (exact) mass is 442 g/mol. The van der Waals surface area contributed by atoms with E-state index in [1.54, 1.807) is 11.0 Å². The Labute approximate surface area is 194 Å². The Morgan fingerprint density at radius 1 is 1.12 bits per heavy atom.